The van der Waals surface area contributed by atoms with Crippen molar-refractivity contribution in [1.82, 2.24) is 4.53 Å². The van der Waals surface area contributed by atoms with E-state index in [9.17, 15) is 0 Å². The van der Waals surface area contributed by atoms with E-state index >= 15 is 0 Å². The summed E-state index contributed by atoms with van der Waals surface area (Å²) in [4.78, 5) is 0. The Morgan fingerprint density at radius 2 is 1.70 bits per heavy atom. The van der Waals surface area contributed by atoms with Gasteiger partial charge in [0.05, 0.1) is 0 Å². The Morgan fingerprint density at radius 1 is 1.20 bits per heavy atom. The third kappa shape index (κ3) is 2.84. The molecule has 1 aliphatic carbocycles. The van der Waals surface area contributed by atoms with Crippen LogP contribution in [0, 0.1) is 0 Å². The molecule has 0 aliphatic heterocycles. The second-order valence-electron chi connectivity index (χ2n) is 2.64. The van der Waals surface area contributed by atoms with Crippen LogP contribution in [0.3, 0.4) is 0 Å². The lowest BCUT2D eigenvalue weighted by atomic mass is 9.96. The lowest BCUT2D eigenvalue weighted by Gasteiger charge is -2.24. The van der Waals surface area contributed by atoms with Gasteiger partial charge in [0.25, 0.3) is 0 Å². The molecule has 0 saturated heterocycles. The first-order chi connectivity index (χ1) is 4.30. The first kappa shape index (κ1) is 10.2. The van der Waals surface area contributed by atoms with Gasteiger partial charge in [0.15, 0.2) is 0 Å². The molecule has 0 atom stereocenters. The van der Waals surface area contributed by atoms with Gasteiger partial charge in [-0.25, -0.2) is 0 Å². The van der Waals surface area contributed by atoms with Crippen molar-refractivity contribution < 1.29 is 5.48 Å². The van der Waals surface area contributed by atoms with Crippen LogP contribution < -0.4 is 5.84 Å². The van der Waals surface area contributed by atoms with E-state index in [-0.39, 0.29) is 5.48 Å². The van der Waals surface area contributed by atoms with E-state index in [4.69, 9.17) is 17.6 Å². The van der Waals surface area contributed by atoms with Gasteiger partial charge in [0, 0.05) is 6.04 Å². The second kappa shape index (κ2) is 4.91. The van der Waals surface area contributed by atoms with Gasteiger partial charge in [0.1, 0.15) is 0 Å². The molecule has 0 aromatic carbocycles. The Kier molecular flexibility index (Phi) is 4.99. The summed E-state index contributed by atoms with van der Waals surface area (Å²) in [6.45, 7) is 0. The Hall–Kier alpha value is 0.170. The van der Waals surface area contributed by atoms with Crippen molar-refractivity contribution in [3.8, 4) is 0 Å². The molecule has 0 unspecified atom stereocenters. The molecule has 0 spiro atoms. The fourth-order valence-corrected chi connectivity index (χ4v) is 1.52. The molecule has 3 nitrogen and oxygen atoms in total. The minimum atomic E-state index is 0. The van der Waals surface area contributed by atoms with E-state index in [1.54, 1.807) is 0 Å². The van der Waals surface area contributed by atoms with Crippen molar-refractivity contribution in [2.45, 2.75) is 38.1 Å². The average Bonchev–Trinajstić information content (AvgIpc) is 1.90. The van der Waals surface area contributed by atoms with Crippen LogP contribution in [0.25, 0.3) is 0 Å². The molecule has 62 valence electrons. The summed E-state index contributed by atoms with van der Waals surface area (Å²) in [6.07, 6.45) is 6.25. The zero-order chi connectivity index (χ0) is 6.69. The molecule has 1 aliphatic rings. The summed E-state index contributed by atoms with van der Waals surface area (Å²) in [7, 11) is 0. The molecule has 4 N–H and O–H groups in total. The summed E-state index contributed by atoms with van der Waals surface area (Å²) >= 11 is 5.57. The first-order valence-corrected chi connectivity index (χ1v) is 3.84. The van der Waals surface area contributed by atoms with Crippen molar-refractivity contribution in [2.24, 2.45) is 5.84 Å². The molecule has 1 saturated carbocycles. The maximum absolute atomic E-state index is 5.57. The largest absolute Gasteiger partial charge is 0.412 e. The topological polar surface area (TPSA) is 60.8 Å². The predicted octanol–water partition coefficient (Wildman–Crippen LogP) is 0.824. The molecule has 0 amide bonds. The minimum absolute atomic E-state index is 0. The highest BCUT2D eigenvalue weighted by atomic mass is 35.5. The highest BCUT2D eigenvalue weighted by Gasteiger charge is 2.16. The molecule has 0 heterocycles. The van der Waals surface area contributed by atoms with E-state index < -0.39 is 0 Å². The van der Waals surface area contributed by atoms with E-state index in [0.717, 1.165) is 0 Å². The van der Waals surface area contributed by atoms with Crippen LogP contribution in [-0.4, -0.2) is 16.0 Å². The summed E-state index contributed by atoms with van der Waals surface area (Å²) in [5.74, 6) is 5.37. The molecular weight excluding hydrogens is 152 g/mol. The number of nitrogens with two attached hydrogens (primary N) is 1. The van der Waals surface area contributed by atoms with Crippen LogP contribution in [0.15, 0.2) is 0 Å². The summed E-state index contributed by atoms with van der Waals surface area (Å²) in [5, 5.41) is 0. The fourth-order valence-electron chi connectivity index (χ4n) is 1.33. The number of hydrazine groups is 1. The first-order valence-electron chi connectivity index (χ1n) is 3.50. The maximum atomic E-state index is 5.57. The Morgan fingerprint density at radius 3 is 2.00 bits per heavy atom. The number of nitrogens with zero attached hydrogens (tertiary/aromatic N) is 1. The Bertz CT molecular complexity index is 83.8. The maximum Gasteiger partial charge on any atom is 0.0405 e. The molecule has 0 bridgehead atoms. The van der Waals surface area contributed by atoms with Crippen molar-refractivity contribution in [1.29, 1.82) is 0 Å². The Labute approximate surface area is 66.5 Å². The third-order valence-electron chi connectivity index (χ3n) is 1.92. The quantitative estimate of drug-likeness (QED) is 0.356. The lowest BCUT2D eigenvalue weighted by molar-refractivity contribution is 0.268. The van der Waals surface area contributed by atoms with Gasteiger partial charge in [-0.05, 0) is 24.6 Å². The van der Waals surface area contributed by atoms with Gasteiger partial charge in [-0.3, -0.25) is 5.84 Å². The van der Waals surface area contributed by atoms with Crippen LogP contribution in [0.2, 0.25) is 0 Å². The normalized spacial score (nSPS) is 20.7. The van der Waals surface area contributed by atoms with Gasteiger partial charge in [-0.2, -0.15) is 4.53 Å². The van der Waals surface area contributed by atoms with Crippen molar-refractivity contribution in [2.75, 3.05) is 0 Å². The van der Waals surface area contributed by atoms with Gasteiger partial charge >= 0.3 is 0 Å². The number of hydrogen-bond acceptors (Lipinski definition) is 2. The average molecular weight is 167 g/mol. The molecule has 10 heavy (non-hydrogen) atoms. The molecule has 4 heteroatoms. The van der Waals surface area contributed by atoms with Crippen LogP contribution in [0.1, 0.15) is 32.1 Å². The van der Waals surface area contributed by atoms with E-state index in [0.29, 0.717) is 6.04 Å². The molecule has 1 rings (SSSR count). The van der Waals surface area contributed by atoms with E-state index in [1.165, 1.54) is 36.6 Å². The van der Waals surface area contributed by atoms with Gasteiger partial charge in [-0.15, -0.1) is 0 Å². The lowest BCUT2D eigenvalue weighted by Crippen LogP contribution is -2.34. The van der Waals surface area contributed by atoms with Gasteiger partial charge in [-0.1, -0.05) is 19.3 Å². The minimum Gasteiger partial charge on any atom is -0.412 e. The third-order valence-corrected chi connectivity index (χ3v) is 2.20. The van der Waals surface area contributed by atoms with Gasteiger partial charge < -0.3 is 5.48 Å². The molecule has 1 fully saturated rings. The standard InChI is InChI=1S/C6H13ClN2.H2O/c7-9(8)6-4-2-1-3-5-6;/h6H,1-5,8H2;1H2. The summed E-state index contributed by atoms with van der Waals surface area (Å²) in [6, 6.07) is 0.431. The zero-order valence-electron chi connectivity index (χ0n) is 6.02. The molecule has 0 aromatic heterocycles. The predicted molar refractivity (Wildman–Crippen MR) is 42.4 cm³/mol. The number of halogens is 1. The van der Waals surface area contributed by atoms with Crippen LogP contribution in [0.5, 0.6) is 0 Å². The smallest absolute Gasteiger partial charge is 0.0405 e. The molecule has 0 radical (unpaired) electrons. The van der Waals surface area contributed by atoms with Crippen molar-refractivity contribution in [3.05, 3.63) is 0 Å². The number of rotatable bonds is 1. The van der Waals surface area contributed by atoms with E-state index in [2.05, 4.69) is 0 Å². The van der Waals surface area contributed by atoms with Gasteiger partial charge in [0.2, 0.25) is 0 Å². The van der Waals surface area contributed by atoms with Crippen molar-refractivity contribution in [3.63, 3.8) is 0 Å². The zero-order valence-corrected chi connectivity index (χ0v) is 6.77. The molecular formula is C6H15ClN2O. The SMILES string of the molecule is NN(Cl)C1CCCCC1.O. The summed E-state index contributed by atoms with van der Waals surface area (Å²) < 4.78 is 1.33. The highest BCUT2D eigenvalue weighted by Crippen LogP contribution is 2.21. The number of hydrogen-bond donors (Lipinski definition) is 1. The van der Waals surface area contributed by atoms with Crippen LogP contribution in [0.4, 0.5) is 0 Å². The van der Waals surface area contributed by atoms with E-state index in [1.807, 2.05) is 0 Å². The monoisotopic (exact) mass is 166 g/mol. The molecule has 0 aromatic rings. The summed E-state index contributed by atoms with van der Waals surface area (Å²) in [5.41, 5.74) is 0. The van der Waals surface area contributed by atoms with Crippen molar-refractivity contribution >= 4 is 11.8 Å². The second-order valence-corrected chi connectivity index (χ2v) is 3.03. The fraction of sp³-hybridized carbons (Fsp3) is 1.00. The Balaban J connectivity index is 0.000000810. The highest BCUT2D eigenvalue weighted by molar-refractivity contribution is 6.13. The van der Waals surface area contributed by atoms with Crippen LogP contribution in [-0.2, 0) is 0 Å². The van der Waals surface area contributed by atoms with Crippen LogP contribution >= 0.6 is 11.8 Å².